The van der Waals surface area contributed by atoms with Gasteiger partial charge in [-0.15, -0.1) is 0 Å². The largest absolute Gasteiger partial charge is 0.245 e. The maximum atomic E-state index is 12.1. The number of pyridine rings is 1. The van der Waals surface area contributed by atoms with Crippen LogP contribution in [0.15, 0.2) is 52.0 Å². The number of hydrogen-bond acceptors (Lipinski definition) is 3. The molecule has 0 amide bonds. The molecule has 0 saturated heterocycles. The molecule has 19 heavy (non-hydrogen) atoms. The second-order valence-corrected chi connectivity index (χ2v) is 6.67. The van der Waals surface area contributed by atoms with Crippen molar-refractivity contribution in [1.29, 1.82) is 0 Å². The lowest BCUT2D eigenvalue weighted by molar-refractivity contribution is 0.580. The third kappa shape index (κ3) is 3.86. The number of nitrogens with zero attached hydrogens (tertiary/aromatic N) is 1. The summed E-state index contributed by atoms with van der Waals surface area (Å²) in [4.78, 5) is 4.44. The average Bonchev–Trinajstić information content (AvgIpc) is 2.37. The molecule has 1 heterocycles. The minimum absolute atomic E-state index is 0.162. The van der Waals surface area contributed by atoms with Gasteiger partial charge in [-0.1, -0.05) is 18.2 Å². The van der Waals surface area contributed by atoms with E-state index in [1.165, 1.54) is 0 Å². The molecule has 1 N–H and O–H groups in total. The Morgan fingerprint density at radius 1 is 1.21 bits per heavy atom. The first-order chi connectivity index (χ1) is 8.97. The molecule has 0 aliphatic heterocycles. The van der Waals surface area contributed by atoms with Crippen molar-refractivity contribution in [1.82, 2.24) is 9.71 Å². The molecule has 0 radical (unpaired) electrons. The van der Waals surface area contributed by atoms with Gasteiger partial charge >= 0.3 is 0 Å². The molecule has 4 nitrogen and oxygen atoms in total. The lowest BCUT2D eigenvalue weighted by Crippen LogP contribution is -2.23. The molecule has 1 aromatic carbocycles. The first-order valence-corrected chi connectivity index (χ1v) is 7.93. The van der Waals surface area contributed by atoms with Crippen molar-refractivity contribution >= 4 is 26.0 Å². The van der Waals surface area contributed by atoms with E-state index >= 15 is 0 Å². The third-order valence-corrected chi connectivity index (χ3v) is 4.36. The number of benzene rings is 1. The Labute approximate surface area is 121 Å². The molecule has 0 atom stereocenters. The second kappa shape index (κ2) is 5.81. The number of aromatic nitrogens is 1. The van der Waals surface area contributed by atoms with E-state index in [0.717, 1.165) is 5.56 Å². The van der Waals surface area contributed by atoms with Crippen LogP contribution in [0.4, 0.5) is 0 Å². The smallest absolute Gasteiger partial charge is 0.240 e. The van der Waals surface area contributed by atoms with Crippen LogP contribution in [0.3, 0.4) is 0 Å². The van der Waals surface area contributed by atoms with E-state index in [2.05, 4.69) is 25.6 Å². The van der Waals surface area contributed by atoms with Crippen LogP contribution in [0.25, 0.3) is 0 Å². The van der Waals surface area contributed by atoms with Crippen molar-refractivity contribution in [2.24, 2.45) is 0 Å². The van der Waals surface area contributed by atoms with Gasteiger partial charge in [-0.2, -0.15) is 0 Å². The summed E-state index contributed by atoms with van der Waals surface area (Å²) in [7, 11) is -3.50. The van der Waals surface area contributed by atoms with Gasteiger partial charge in [-0.25, -0.2) is 18.1 Å². The Morgan fingerprint density at radius 2 is 1.95 bits per heavy atom. The Bertz CT molecular complexity index is 687. The van der Waals surface area contributed by atoms with E-state index < -0.39 is 10.0 Å². The molecule has 100 valence electrons. The van der Waals surface area contributed by atoms with E-state index in [1.54, 1.807) is 30.3 Å². The molecule has 0 aliphatic carbocycles. The minimum Gasteiger partial charge on any atom is -0.245 e. The molecule has 0 fully saturated rings. The maximum Gasteiger partial charge on any atom is 0.240 e. The number of hydrogen-bond donors (Lipinski definition) is 1. The van der Waals surface area contributed by atoms with Gasteiger partial charge in [0, 0.05) is 0 Å². The zero-order valence-corrected chi connectivity index (χ0v) is 12.7. The van der Waals surface area contributed by atoms with Crippen molar-refractivity contribution < 1.29 is 8.42 Å². The van der Waals surface area contributed by atoms with Gasteiger partial charge < -0.3 is 0 Å². The molecule has 0 bridgehead atoms. The van der Waals surface area contributed by atoms with Crippen LogP contribution >= 0.6 is 15.9 Å². The van der Waals surface area contributed by atoms with E-state index in [0.29, 0.717) is 10.3 Å². The minimum atomic E-state index is -3.50. The quantitative estimate of drug-likeness (QED) is 0.870. The molecular formula is C13H13BrN2O2S. The summed E-state index contributed by atoms with van der Waals surface area (Å²) in [6.07, 6.45) is 0. The van der Waals surface area contributed by atoms with Crippen molar-refractivity contribution in [2.75, 3.05) is 0 Å². The molecule has 2 aromatic rings. The Hall–Kier alpha value is -1.24. The summed E-state index contributed by atoms with van der Waals surface area (Å²) in [5.41, 5.74) is 1.56. The van der Waals surface area contributed by atoms with Crippen molar-refractivity contribution in [3.63, 3.8) is 0 Å². The monoisotopic (exact) mass is 340 g/mol. The molecule has 2 rings (SSSR count). The first-order valence-electron chi connectivity index (χ1n) is 5.65. The topological polar surface area (TPSA) is 59.1 Å². The number of nitrogens with one attached hydrogen (secondary N) is 1. The highest BCUT2D eigenvalue weighted by atomic mass is 79.9. The maximum absolute atomic E-state index is 12.1. The fourth-order valence-corrected chi connectivity index (χ4v) is 3.07. The summed E-state index contributed by atoms with van der Waals surface area (Å²) in [6, 6.07) is 12.2. The van der Waals surface area contributed by atoms with Crippen molar-refractivity contribution in [2.45, 2.75) is 18.4 Å². The summed E-state index contributed by atoms with van der Waals surface area (Å²) in [5, 5.41) is 0. The highest BCUT2D eigenvalue weighted by Gasteiger charge is 2.13. The van der Waals surface area contributed by atoms with Gasteiger partial charge in [-0.3, -0.25) is 0 Å². The van der Waals surface area contributed by atoms with Gasteiger partial charge in [0.25, 0.3) is 0 Å². The summed E-state index contributed by atoms with van der Waals surface area (Å²) in [5.74, 6) is 0. The highest BCUT2D eigenvalue weighted by molar-refractivity contribution is 9.10. The fraction of sp³-hybridized carbons (Fsp3) is 0.154. The Balaban J connectivity index is 2.14. The number of sulfonamides is 1. The molecule has 0 unspecified atom stereocenters. The van der Waals surface area contributed by atoms with Crippen LogP contribution < -0.4 is 4.72 Å². The van der Waals surface area contributed by atoms with E-state index in [4.69, 9.17) is 0 Å². The third-order valence-electron chi connectivity index (χ3n) is 2.52. The summed E-state index contributed by atoms with van der Waals surface area (Å²) >= 11 is 3.25. The SMILES string of the molecule is Cc1cccc(S(=O)(=O)NCc2cccc(Br)n2)c1. The highest BCUT2D eigenvalue weighted by Crippen LogP contribution is 2.12. The van der Waals surface area contributed by atoms with E-state index in [-0.39, 0.29) is 11.4 Å². The lowest BCUT2D eigenvalue weighted by atomic mass is 10.2. The van der Waals surface area contributed by atoms with Gasteiger partial charge in [0.15, 0.2) is 0 Å². The van der Waals surface area contributed by atoms with Crippen LogP contribution in [0, 0.1) is 6.92 Å². The first kappa shape index (κ1) is 14.2. The van der Waals surface area contributed by atoms with Gasteiger partial charge in [0.2, 0.25) is 10.0 Å². The van der Waals surface area contributed by atoms with Crippen molar-refractivity contribution in [3.05, 3.63) is 58.3 Å². The molecule has 0 saturated carbocycles. The molecule has 0 spiro atoms. The standard InChI is InChI=1S/C13H13BrN2O2S/c1-10-4-2-6-12(8-10)19(17,18)15-9-11-5-3-7-13(14)16-11/h2-8,15H,9H2,1H3. The number of aryl methyl sites for hydroxylation is 1. The van der Waals surface area contributed by atoms with Crippen LogP contribution in [-0.4, -0.2) is 13.4 Å². The summed E-state index contributed by atoms with van der Waals surface area (Å²) < 4.78 is 27.4. The van der Waals surface area contributed by atoms with Crippen LogP contribution in [0.5, 0.6) is 0 Å². The van der Waals surface area contributed by atoms with E-state index in [1.807, 2.05) is 19.1 Å². The predicted octanol–water partition coefficient (Wildman–Crippen LogP) is 2.63. The van der Waals surface area contributed by atoms with Crippen LogP contribution in [0.1, 0.15) is 11.3 Å². The van der Waals surface area contributed by atoms with Crippen LogP contribution in [0.2, 0.25) is 0 Å². The zero-order valence-electron chi connectivity index (χ0n) is 10.3. The number of halogens is 1. The molecule has 6 heteroatoms. The van der Waals surface area contributed by atoms with Crippen molar-refractivity contribution in [3.8, 4) is 0 Å². The zero-order chi connectivity index (χ0) is 13.9. The molecule has 1 aromatic heterocycles. The fourth-order valence-electron chi connectivity index (χ4n) is 1.58. The Kier molecular flexibility index (Phi) is 4.34. The van der Waals surface area contributed by atoms with Crippen LogP contribution in [-0.2, 0) is 16.6 Å². The molecule has 0 aliphatic rings. The predicted molar refractivity (Wildman–Crippen MR) is 77.1 cm³/mol. The molecular weight excluding hydrogens is 328 g/mol. The summed E-state index contributed by atoms with van der Waals surface area (Å²) in [6.45, 7) is 2.02. The van der Waals surface area contributed by atoms with Gasteiger partial charge in [-0.05, 0) is 52.7 Å². The Morgan fingerprint density at radius 3 is 2.63 bits per heavy atom. The normalized spacial score (nSPS) is 11.5. The van der Waals surface area contributed by atoms with E-state index in [9.17, 15) is 8.42 Å². The lowest BCUT2D eigenvalue weighted by Gasteiger charge is -2.07. The van der Waals surface area contributed by atoms with Gasteiger partial charge in [0.1, 0.15) is 4.60 Å². The van der Waals surface area contributed by atoms with Gasteiger partial charge in [0.05, 0.1) is 17.1 Å². The average molecular weight is 341 g/mol. The number of rotatable bonds is 4. The second-order valence-electron chi connectivity index (χ2n) is 4.09.